The molecule has 0 bridgehead atoms. The zero-order valence-electron chi connectivity index (χ0n) is 8.80. The first-order chi connectivity index (χ1) is 7.70. The van der Waals surface area contributed by atoms with Crippen molar-refractivity contribution in [2.24, 2.45) is 0 Å². The van der Waals surface area contributed by atoms with Crippen molar-refractivity contribution in [3.05, 3.63) is 16.4 Å². The van der Waals surface area contributed by atoms with Crippen molar-refractivity contribution in [2.75, 3.05) is 30.3 Å². The van der Waals surface area contributed by atoms with Gasteiger partial charge < -0.3 is 15.7 Å². The second-order valence-electron chi connectivity index (χ2n) is 2.86. The van der Waals surface area contributed by atoms with Gasteiger partial charge in [-0.2, -0.15) is 0 Å². The first-order valence-electron chi connectivity index (χ1n) is 4.78. The average molecular weight is 227 g/mol. The third-order valence-corrected chi connectivity index (χ3v) is 1.75. The molecular formula is C8H13N5O3. The van der Waals surface area contributed by atoms with Gasteiger partial charge in [-0.25, -0.2) is 9.97 Å². The molecule has 0 aliphatic heterocycles. The van der Waals surface area contributed by atoms with E-state index >= 15 is 0 Å². The van der Waals surface area contributed by atoms with Crippen LogP contribution >= 0.6 is 0 Å². The zero-order chi connectivity index (χ0) is 12.0. The first kappa shape index (κ1) is 12.1. The molecule has 0 atom stereocenters. The van der Waals surface area contributed by atoms with E-state index in [1.165, 1.54) is 6.33 Å². The zero-order valence-corrected chi connectivity index (χ0v) is 8.80. The molecule has 8 nitrogen and oxygen atoms in total. The summed E-state index contributed by atoms with van der Waals surface area (Å²) >= 11 is 0. The number of nitrogens with zero attached hydrogens (tertiary/aromatic N) is 3. The molecule has 1 rings (SSSR count). The highest BCUT2D eigenvalue weighted by atomic mass is 16.6. The number of anilines is 2. The fourth-order valence-corrected chi connectivity index (χ4v) is 1.15. The molecule has 1 aromatic heterocycles. The van der Waals surface area contributed by atoms with E-state index < -0.39 is 4.92 Å². The maximum absolute atomic E-state index is 10.9. The van der Waals surface area contributed by atoms with Crippen LogP contribution in [0.4, 0.5) is 17.3 Å². The molecule has 0 fully saturated rings. The predicted octanol–water partition coefficient (Wildman–Crippen LogP) is 0.221. The lowest BCUT2D eigenvalue weighted by atomic mass is 10.4. The van der Waals surface area contributed by atoms with Crippen LogP contribution < -0.4 is 10.6 Å². The Bertz CT molecular complexity index is 371. The Morgan fingerprint density at radius 1 is 1.44 bits per heavy atom. The first-order valence-corrected chi connectivity index (χ1v) is 4.78. The van der Waals surface area contributed by atoms with Crippen molar-refractivity contribution in [1.82, 2.24) is 9.97 Å². The smallest absolute Gasteiger partial charge is 0.353 e. The number of hydrogen-bond acceptors (Lipinski definition) is 7. The molecule has 0 aliphatic rings. The summed E-state index contributed by atoms with van der Waals surface area (Å²) in [5.74, 6) is 0.271. The van der Waals surface area contributed by atoms with Crippen molar-refractivity contribution in [1.29, 1.82) is 0 Å². The fourth-order valence-electron chi connectivity index (χ4n) is 1.15. The summed E-state index contributed by atoms with van der Waals surface area (Å²) in [6, 6.07) is 0. The molecule has 0 spiro atoms. The summed E-state index contributed by atoms with van der Waals surface area (Å²) in [7, 11) is 0. The van der Waals surface area contributed by atoms with Crippen molar-refractivity contribution in [3.63, 3.8) is 0 Å². The molecule has 0 amide bonds. The Hall–Kier alpha value is -1.96. The second-order valence-corrected chi connectivity index (χ2v) is 2.86. The van der Waals surface area contributed by atoms with Crippen LogP contribution in [0.3, 0.4) is 0 Å². The Morgan fingerprint density at radius 2 is 2.06 bits per heavy atom. The quantitative estimate of drug-likeness (QED) is 0.470. The molecule has 0 unspecified atom stereocenters. The number of hydrogen-bond donors (Lipinski definition) is 3. The summed E-state index contributed by atoms with van der Waals surface area (Å²) in [6.45, 7) is 2.41. The number of aliphatic hydroxyl groups is 1. The van der Waals surface area contributed by atoms with Crippen LogP contribution in [0, 0.1) is 10.1 Å². The van der Waals surface area contributed by atoms with Gasteiger partial charge >= 0.3 is 5.69 Å². The van der Waals surface area contributed by atoms with E-state index in [0.717, 1.165) is 0 Å². The SMILES string of the molecule is CCNc1ncnc(NCCO)c1[N+](=O)[O-]. The highest BCUT2D eigenvalue weighted by Crippen LogP contribution is 2.28. The van der Waals surface area contributed by atoms with Crippen LogP contribution in [0.5, 0.6) is 0 Å². The minimum atomic E-state index is -0.558. The third-order valence-electron chi connectivity index (χ3n) is 1.75. The highest BCUT2D eigenvalue weighted by molar-refractivity contribution is 5.69. The molecule has 0 aromatic carbocycles. The van der Waals surface area contributed by atoms with Gasteiger partial charge in [-0.1, -0.05) is 0 Å². The summed E-state index contributed by atoms with van der Waals surface area (Å²) in [6.07, 6.45) is 1.23. The molecule has 0 saturated carbocycles. The van der Waals surface area contributed by atoms with Crippen LogP contribution in [-0.2, 0) is 0 Å². The van der Waals surface area contributed by atoms with Crippen molar-refractivity contribution in [2.45, 2.75) is 6.92 Å². The number of aliphatic hydroxyl groups excluding tert-OH is 1. The molecule has 1 aromatic rings. The minimum Gasteiger partial charge on any atom is -0.395 e. The van der Waals surface area contributed by atoms with Gasteiger partial charge in [0.15, 0.2) is 0 Å². The maximum atomic E-state index is 10.9. The second kappa shape index (κ2) is 5.81. The number of nitrogens with one attached hydrogen (secondary N) is 2. The van der Waals surface area contributed by atoms with E-state index in [2.05, 4.69) is 20.6 Å². The number of rotatable bonds is 6. The van der Waals surface area contributed by atoms with E-state index in [1.807, 2.05) is 6.92 Å². The van der Waals surface area contributed by atoms with Crippen LogP contribution in [0.2, 0.25) is 0 Å². The number of aromatic nitrogens is 2. The normalized spacial score (nSPS) is 9.88. The lowest BCUT2D eigenvalue weighted by Crippen LogP contribution is -2.12. The number of nitro groups is 1. The summed E-state index contributed by atoms with van der Waals surface area (Å²) in [5, 5.41) is 24.9. The Labute approximate surface area is 91.9 Å². The van der Waals surface area contributed by atoms with Gasteiger partial charge in [0.05, 0.1) is 11.5 Å². The molecule has 16 heavy (non-hydrogen) atoms. The lowest BCUT2D eigenvalue weighted by molar-refractivity contribution is -0.383. The highest BCUT2D eigenvalue weighted by Gasteiger charge is 2.21. The van der Waals surface area contributed by atoms with Crippen molar-refractivity contribution >= 4 is 17.3 Å². The van der Waals surface area contributed by atoms with Gasteiger partial charge in [-0.05, 0) is 6.92 Å². The Balaban J connectivity index is 3.05. The Morgan fingerprint density at radius 3 is 2.56 bits per heavy atom. The lowest BCUT2D eigenvalue weighted by Gasteiger charge is -2.07. The van der Waals surface area contributed by atoms with E-state index in [4.69, 9.17) is 5.11 Å². The summed E-state index contributed by atoms with van der Waals surface area (Å²) in [5.41, 5.74) is -0.210. The van der Waals surface area contributed by atoms with Gasteiger partial charge in [-0.3, -0.25) is 10.1 Å². The van der Waals surface area contributed by atoms with Gasteiger partial charge in [0.2, 0.25) is 11.6 Å². The summed E-state index contributed by atoms with van der Waals surface area (Å²) < 4.78 is 0. The van der Waals surface area contributed by atoms with Crippen LogP contribution in [0.25, 0.3) is 0 Å². The van der Waals surface area contributed by atoms with Gasteiger partial charge in [0, 0.05) is 13.1 Å². The molecule has 88 valence electrons. The van der Waals surface area contributed by atoms with E-state index in [0.29, 0.717) is 6.54 Å². The molecule has 0 saturated heterocycles. The van der Waals surface area contributed by atoms with Crippen LogP contribution in [0.1, 0.15) is 6.92 Å². The molecule has 8 heteroatoms. The van der Waals surface area contributed by atoms with Gasteiger partial charge in [-0.15, -0.1) is 0 Å². The molecule has 1 heterocycles. The van der Waals surface area contributed by atoms with Crippen LogP contribution in [0.15, 0.2) is 6.33 Å². The van der Waals surface area contributed by atoms with Crippen molar-refractivity contribution in [3.8, 4) is 0 Å². The van der Waals surface area contributed by atoms with Crippen LogP contribution in [-0.4, -0.2) is 39.7 Å². The van der Waals surface area contributed by atoms with E-state index in [9.17, 15) is 10.1 Å². The van der Waals surface area contributed by atoms with E-state index in [-0.39, 0.29) is 30.5 Å². The summed E-state index contributed by atoms with van der Waals surface area (Å²) in [4.78, 5) is 17.9. The van der Waals surface area contributed by atoms with Gasteiger partial charge in [0.25, 0.3) is 0 Å². The van der Waals surface area contributed by atoms with Crippen molar-refractivity contribution < 1.29 is 10.0 Å². The predicted molar refractivity (Wildman–Crippen MR) is 58.4 cm³/mol. The minimum absolute atomic E-state index is 0.102. The largest absolute Gasteiger partial charge is 0.395 e. The van der Waals surface area contributed by atoms with Gasteiger partial charge in [0.1, 0.15) is 6.33 Å². The third kappa shape index (κ3) is 2.76. The molecule has 0 radical (unpaired) electrons. The monoisotopic (exact) mass is 227 g/mol. The standard InChI is InChI=1S/C8H13N5O3/c1-2-9-7-6(13(15)16)8(10-3-4-14)12-5-11-7/h5,14H,2-4H2,1H3,(H2,9,10,11,12). The fraction of sp³-hybridized carbons (Fsp3) is 0.500. The molecule has 3 N–H and O–H groups in total. The molecular weight excluding hydrogens is 214 g/mol. The topological polar surface area (TPSA) is 113 Å². The molecule has 0 aliphatic carbocycles. The van der Waals surface area contributed by atoms with E-state index in [1.54, 1.807) is 0 Å². The maximum Gasteiger partial charge on any atom is 0.353 e. The Kier molecular flexibility index (Phi) is 4.40. The average Bonchev–Trinajstić information content (AvgIpc) is 2.26.